The summed E-state index contributed by atoms with van der Waals surface area (Å²) in [5.74, 6) is 1.25. The predicted molar refractivity (Wildman–Crippen MR) is 87.8 cm³/mol. The molecule has 102 valence electrons. The molecule has 0 radical (unpaired) electrons. The molecule has 0 fully saturated rings. The molecule has 1 aromatic heterocycles. The normalized spacial score (nSPS) is 11.2. The molecule has 0 spiro atoms. The second-order valence-corrected chi connectivity index (χ2v) is 6.04. The molecular formula is C16H14BrClN2. The monoisotopic (exact) mass is 348 g/mol. The highest BCUT2D eigenvalue weighted by atomic mass is 79.9. The number of alkyl halides is 1. The molecule has 0 aliphatic carbocycles. The van der Waals surface area contributed by atoms with Crippen molar-refractivity contribution in [3.8, 4) is 5.69 Å². The standard InChI is InChI=1S/C16H14BrClN2/c1-10-3-6-14-15(7-10)20(16(9-18)19-14)12-5-4-11(2)13(17)8-12/h3-8H,9H2,1-2H3. The summed E-state index contributed by atoms with van der Waals surface area (Å²) in [6.07, 6.45) is 0. The predicted octanol–water partition coefficient (Wildman–Crippen LogP) is 5.14. The molecule has 0 unspecified atom stereocenters. The van der Waals surface area contributed by atoms with Crippen LogP contribution in [0.1, 0.15) is 17.0 Å². The van der Waals surface area contributed by atoms with Crippen molar-refractivity contribution in [2.75, 3.05) is 0 Å². The van der Waals surface area contributed by atoms with Gasteiger partial charge in [-0.05, 0) is 49.2 Å². The lowest BCUT2D eigenvalue weighted by molar-refractivity contribution is 0.979. The fraction of sp³-hybridized carbons (Fsp3) is 0.188. The molecule has 0 amide bonds. The van der Waals surface area contributed by atoms with E-state index < -0.39 is 0 Å². The highest BCUT2D eigenvalue weighted by molar-refractivity contribution is 9.10. The van der Waals surface area contributed by atoms with Gasteiger partial charge in [-0.15, -0.1) is 11.6 Å². The molecule has 0 saturated carbocycles. The topological polar surface area (TPSA) is 17.8 Å². The summed E-state index contributed by atoms with van der Waals surface area (Å²) < 4.78 is 3.21. The molecule has 0 aliphatic rings. The zero-order valence-electron chi connectivity index (χ0n) is 11.3. The van der Waals surface area contributed by atoms with Crippen LogP contribution in [-0.4, -0.2) is 9.55 Å². The number of rotatable bonds is 2. The summed E-state index contributed by atoms with van der Waals surface area (Å²) in [7, 11) is 0. The van der Waals surface area contributed by atoms with E-state index in [1.165, 1.54) is 11.1 Å². The van der Waals surface area contributed by atoms with Gasteiger partial charge in [0, 0.05) is 10.2 Å². The largest absolute Gasteiger partial charge is 0.295 e. The van der Waals surface area contributed by atoms with Gasteiger partial charge in [-0.3, -0.25) is 4.57 Å². The summed E-state index contributed by atoms with van der Waals surface area (Å²) in [4.78, 5) is 4.62. The van der Waals surface area contributed by atoms with Crippen molar-refractivity contribution in [1.29, 1.82) is 0 Å². The van der Waals surface area contributed by atoms with E-state index in [9.17, 15) is 0 Å². The summed E-state index contributed by atoms with van der Waals surface area (Å²) in [5.41, 5.74) is 5.57. The first-order valence-corrected chi connectivity index (χ1v) is 7.73. The fourth-order valence-corrected chi connectivity index (χ4v) is 2.88. The van der Waals surface area contributed by atoms with E-state index >= 15 is 0 Å². The van der Waals surface area contributed by atoms with Crippen LogP contribution in [0.3, 0.4) is 0 Å². The van der Waals surface area contributed by atoms with Crippen LogP contribution >= 0.6 is 27.5 Å². The number of hydrogen-bond acceptors (Lipinski definition) is 1. The molecule has 20 heavy (non-hydrogen) atoms. The van der Waals surface area contributed by atoms with Gasteiger partial charge in [-0.2, -0.15) is 0 Å². The van der Waals surface area contributed by atoms with Gasteiger partial charge in [-0.1, -0.05) is 28.1 Å². The third-order valence-corrected chi connectivity index (χ3v) is 4.51. The van der Waals surface area contributed by atoms with Crippen LogP contribution in [0.2, 0.25) is 0 Å². The maximum absolute atomic E-state index is 6.07. The van der Waals surface area contributed by atoms with Gasteiger partial charge >= 0.3 is 0 Å². The first kappa shape index (κ1) is 13.7. The van der Waals surface area contributed by atoms with E-state index in [4.69, 9.17) is 11.6 Å². The van der Waals surface area contributed by atoms with Crippen molar-refractivity contribution < 1.29 is 0 Å². The first-order chi connectivity index (χ1) is 9.60. The average Bonchev–Trinajstić information content (AvgIpc) is 2.79. The number of nitrogens with zero attached hydrogens (tertiary/aromatic N) is 2. The van der Waals surface area contributed by atoms with Crippen LogP contribution in [0.5, 0.6) is 0 Å². The zero-order chi connectivity index (χ0) is 14.3. The molecule has 0 atom stereocenters. The Labute approximate surface area is 131 Å². The Morgan fingerprint density at radius 1 is 1.15 bits per heavy atom. The quantitative estimate of drug-likeness (QED) is 0.585. The second-order valence-electron chi connectivity index (χ2n) is 4.92. The lowest BCUT2D eigenvalue weighted by Crippen LogP contribution is -1.99. The Hall–Kier alpha value is -1.32. The summed E-state index contributed by atoms with van der Waals surface area (Å²) in [6, 6.07) is 12.6. The highest BCUT2D eigenvalue weighted by Crippen LogP contribution is 2.26. The molecule has 2 nitrogen and oxygen atoms in total. The molecule has 4 heteroatoms. The number of fused-ring (bicyclic) bond motifs is 1. The summed E-state index contributed by atoms with van der Waals surface area (Å²) in [6.45, 7) is 4.16. The van der Waals surface area contributed by atoms with E-state index in [-0.39, 0.29) is 0 Å². The SMILES string of the molecule is Cc1ccc2nc(CCl)n(-c3ccc(C)c(Br)c3)c2c1. The molecule has 1 heterocycles. The molecule has 0 saturated heterocycles. The van der Waals surface area contributed by atoms with Gasteiger partial charge in [0.2, 0.25) is 0 Å². The Balaban J connectivity index is 2.32. The van der Waals surface area contributed by atoms with Crippen molar-refractivity contribution in [3.05, 3.63) is 57.8 Å². The summed E-state index contributed by atoms with van der Waals surface area (Å²) >= 11 is 9.66. The van der Waals surface area contributed by atoms with Crippen LogP contribution in [0.15, 0.2) is 40.9 Å². The van der Waals surface area contributed by atoms with E-state index in [0.29, 0.717) is 5.88 Å². The smallest absolute Gasteiger partial charge is 0.129 e. The summed E-state index contributed by atoms with van der Waals surface area (Å²) in [5, 5.41) is 0. The molecule has 2 aromatic carbocycles. The van der Waals surface area contributed by atoms with Crippen molar-refractivity contribution in [1.82, 2.24) is 9.55 Å². The van der Waals surface area contributed by atoms with Gasteiger partial charge in [0.1, 0.15) is 5.82 Å². The molecule has 0 N–H and O–H groups in total. The Bertz CT molecular complexity index is 793. The van der Waals surface area contributed by atoms with Crippen molar-refractivity contribution in [2.24, 2.45) is 0 Å². The van der Waals surface area contributed by atoms with Crippen LogP contribution in [-0.2, 0) is 5.88 Å². The van der Waals surface area contributed by atoms with Crippen molar-refractivity contribution in [3.63, 3.8) is 0 Å². The Kier molecular flexibility index (Phi) is 3.57. The minimum atomic E-state index is 0.388. The first-order valence-electron chi connectivity index (χ1n) is 6.40. The fourth-order valence-electron chi connectivity index (χ4n) is 2.33. The molecule has 3 aromatic rings. The van der Waals surface area contributed by atoms with Crippen LogP contribution < -0.4 is 0 Å². The van der Waals surface area contributed by atoms with E-state index in [0.717, 1.165) is 27.0 Å². The Morgan fingerprint density at radius 3 is 2.65 bits per heavy atom. The van der Waals surface area contributed by atoms with E-state index in [1.807, 2.05) is 6.07 Å². The van der Waals surface area contributed by atoms with Gasteiger partial charge in [0.15, 0.2) is 0 Å². The minimum absolute atomic E-state index is 0.388. The van der Waals surface area contributed by atoms with Crippen LogP contribution in [0.25, 0.3) is 16.7 Å². The number of aromatic nitrogens is 2. The van der Waals surface area contributed by atoms with E-state index in [2.05, 4.69) is 69.7 Å². The molecule has 3 rings (SSSR count). The minimum Gasteiger partial charge on any atom is -0.295 e. The third-order valence-electron chi connectivity index (χ3n) is 3.41. The van der Waals surface area contributed by atoms with Crippen molar-refractivity contribution in [2.45, 2.75) is 19.7 Å². The maximum Gasteiger partial charge on any atom is 0.129 e. The van der Waals surface area contributed by atoms with Crippen LogP contribution in [0.4, 0.5) is 0 Å². The molecule has 0 bridgehead atoms. The number of imidazole rings is 1. The number of benzene rings is 2. The van der Waals surface area contributed by atoms with Gasteiger partial charge in [-0.25, -0.2) is 4.98 Å². The van der Waals surface area contributed by atoms with Crippen LogP contribution in [0, 0.1) is 13.8 Å². The number of aryl methyl sites for hydroxylation is 2. The average molecular weight is 350 g/mol. The maximum atomic E-state index is 6.07. The third kappa shape index (κ3) is 2.25. The zero-order valence-corrected chi connectivity index (χ0v) is 13.7. The highest BCUT2D eigenvalue weighted by Gasteiger charge is 2.12. The second kappa shape index (κ2) is 5.23. The Morgan fingerprint density at radius 2 is 1.95 bits per heavy atom. The van der Waals surface area contributed by atoms with Crippen molar-refractivity contribution >= 4 is 38.6 Å². The molecular weight excluding hydrogens is 336 g/mol. The number of halogens is 2. The van der Waals surface area contributed by atoms with Gasteiger partial charge < -0.3 is 0 Å². The lowest BCUT2D eigenvalue weighted by Gasteiger charge is -2.10. The number of hydrogen-bond donors (Lipinski definition) is 0. The van der Waals surface area contributed by atoms with E-state index in [1.54, 1.807) is 0 Å². The van der Waals surface area contributed by atoms with Gasteiger partial charge in [0.05, 0.1) is 16.9 Å². The molecule has 0 aliphatic heterocycles. The lowest BCUT2D eigenvalue weighted by atomic mass is 10.2. The van der Waals surface area contributed by atoms with Gasteiger partial charge in [0.25, 0.3) is 0 Å².